The molecule has 0 spiro atoms. The fourth-order valence-electron chi connectivity index (χ4n) is 3.50. The van der Waals surface area contributed by atoms with Gasteiger partial charge in [0.25, 0.3) is 0 Å². The van der Waals surface area contributed by atoms with E-state index in [0.717, 1.165) is 31.5 Å². The van der Waals surface area contributed by atoms with Crippen LogP contribution in [0.2, 0.25) is 0 Å². The van der Waals surface area contributed by atoms with E-state index in [4.69, 9.17) is 0 Å². The third kappa shape index (κ3) is 4.11. The predicted octanol–water partition coefficient (Wildman–Crippen LogP) is 3.37. The minimum atomic E-state index is -3.52. The van der Waals surface area contributed by atoms with E-state index in [2.05, 4.69) is 28.7 Å². The molecule has 0 bridgehead atoms. The lowest BCUT2D eigenvalue weighted by Crippen LogP contribution is -2.53. The lowest BCUT2D eigenvalue weighted by molar-refractivity contribution is 0.0823. The lowest BCUT2D eigenvalue weighted by atomic mass is 9.88. The Hall–Kier alpha value is -1.69. The summed E-state index contributed by atoms with van der Waals surface area (Å²) in [5.41, 5.74) is 0.788. The molecule has 1 aliphatic rings. The van der Waals surface area contributed by atoms with Gasteiger partial charge in [-0.15, -0.1) is 0 Å². The maximum Gasteiger partial charge on any atom is 0.240 e. The molecule has 2 aromatic carbocycles. The summed E-state index contributed by atoms with van der Waals surface area (Å²) in [4.78, 5) is 2.73. The number of likely N-dealkylation sites (tertiary alicyclic amines) is 1. The zero-order valence-corrected chi connectivity index (χ0v) is 15.5. The van der Waals surface area contributed by atoms with Gasteiger partial charge < -0.3 is 0 Å². The van der Waals surface area contributed by atoms with Gasteiger partial charge in [0, 0.05) is 6.54 Å². The Labute approximate surface area is 150 Å². The number of hydrogen-bond donors (Lipinski definition) is 1. The number of benzene rings is 2. The van der Waals surface area contributed by atoms with E-state index in [1.54, 1.807) is 24.3 Å². The van der Waals surface area contributed by atoms with Crippen LogP contribution in [0.1, 0.15) is 31.7 Å². The fourth-order valence-corrected chi connectivity index (χ4v) is 4.65. The van der Waals surface area contributed by atoms with Crippen molar-refractivity contribution in [3.8, 4) is 0 Å². The highest BCUT2D eigenvalue weighted by molar-refractivity contribution is 7.89. The molecule has 1 N–H and O–H groups in total. The molecule has 25 heavy (non-hydrogen) atoms. The number of nitrogens with one attached hydrogen (secondary N) is 1. The molecule has 4 nitrogen and oxygen atoms in total. The second-order valence-corrected chi connectivity index (χ2v) is 8.59. The molecule has 0 radical (unpaired) electrons. The van der Waals surface area contributed by atoms with E-state index < -0.39 is 10.0 Å². The number of hydrogen-bond acceptors (Lipinski definition) is 3. The van der Waals surface area contributed by atoms with Gasteiger partial charge in [0.15, 0.2) is 0 Å². The molecule has 0 aliphatic carbocycles. The molecular formula is C20H26N2O2S. The predicted molar refractivity (Wildman–Crippen MR) is 101 cm³/mol. The highest BCUT2D eigenvalue weighted by Gasteiger charge is 2.35. The first-order valence-corrected chi connectivity index (χ1v) is 10.4. The molecule has 134 valence electrons. The molecular weight excluding hydrogens is 332 g/mol. The summed E-state index contributed by atoms with van der Waals surface area (Å²) in [6.45, 7) is 4.49. The highest BCUT2D eigenvalue weighted by atomic mass is 32.2. The van der Waals surface area contributed by atoms with Crippen molar-refractivity contribution < 1.29 is 8.42 Å². The molecule has 1 aliphatic heterocycles. The first-order valence-electron chi connectivity index (χ1n) is 8.88. The van der Waals surface area contributed by atoms with Gasteiger partial charge in [-0.05, 0) is 50.6 Å². The molecule has 0 aromatic heterocycles. The van der Waals surface area contributed by atoms with E-state index in [-0.39, 0.29) is 5.54 Å². The Morgan fingerprint density at radius 2 is 1.48 bits per heavy atom. The van der Waals surface area contributed by atoms with E-state index in [9.17, 15) is 8.42 Å². The Morgan fingerprint density at radius 3 is 2.08 bits per heavy atom. The molecule has 1 heterocycles. The first kappa shape index (κ1) is 18.1. The van der Waals surface area contributed by atoms with Crippen molar-refractivity contribution in [3.05, 3.63) is 66.2 Å². The van der Waals surface area contributed by atoms with Gasteiger partial charge in [-0.1, -0.05) is 55.0 Å². The molecule has 1 atom stereocenters. The normalized spacial score (nSPS) is 18.6. The number of sulfonamides is 1. The zero-order valence-electron chi connectivity index (χ0n) is 14.7. The Kier molecular flexibility index (Phi) is 5.57. The molecule has 3 rings (SSSR count). The van der Waals surface area contributed by atoms with Gasteiger partial charge in [-0.3, -0.25) is 4.90 Å². The Morgan fingerprint density at radius 1 is 0.920 bits per heavy atom. The summed E-state index contributed by atoms with van der Waals surface area (Å²) in [6.07, 6.45) is 3.57. The molecule has 0 amide bonds. The molecule has 0 saturated carbocycles. The summed E-state index contributed by atoms with van der Waals surface area (Å²) in [7, 11) is -3.52. The average Bonchev–Trinajstić information content (AvgIpc) is 2.68. The Bertz CT molecular complexity index is 772. The highest BCUT2D eigenvalue weighted by Crippen LogP contribution is 2.31. The summed E-state index contributed by atoms with van der Waals surface area (Å²) < 4.78 is 28.2. The van der Waals surface area contributed by atoms with Crippen molar-refractivity contribution in [1.29, 1.82) is 0 Å². The van der Waals surface area contributed by atoms with Crippen molar-refractivity contribution in [2.75, 3.05) is 19.6 Å². The number of nitrogens with zero attached hydrogens (tertiary/aromatic N) is 1. The third-order valence-electron chi connectivity index (χ3n) is 5.11. The van der Waals surface area contributed by atoms with E-state index >= 15 is 0 Å². The van der Waals surface area contributed by atoms with Gasteiger partial charge in [0.05, 0.1) is 10.4 Å². The van der Waals surface area contributed by atoms with Crippen LogP contribution >= 0.6 is 0 Å². The smallest absolute Gasteiger partial charge is 0.240 e. The van der Waals surface area contributed by atoms with E-state index in [1.165, 1.54) is 6.42 Å². The number of rotatable bonds is 6. The summed E-state index contributed by atoms with van der Waals surface area (Å²) in [5, 5.41) is 0. The second-order valence-electron chi connectivity index (χ2n) is 6.83. The van der Waals surface area contributed by atoms with Gasteiger partial charge in [-0.25, -0.2) is 13.1 Å². The van der Waals surface area contributed by atoms with E-state index in [1.807, 2.05) is 24.3 Å². The minimum absolute atomic E-state index is 0.309. The monoisotopic (exact) mass is 358 g/mol. The van der Waals surface area contributed by atoms with Crippen molar-refractivity contribution in [3.63, 3.8) is 0 Å². The van der Waals surface area contributed by atoms with Gasteiger partial charge in [0.2, 0.25) is 10.0 Å². The van der Waals surface area contributed by atoms with Gasteiger partial charge in [0.1, 0.15) is 0 Å². The van der Waals surface area contributed by atoms with Crippen molar-refractivity contribution in [2.24, 2.45) is 0 Å². The second kappa shape index (κ2) is 7.68. The standard InChI is InChI=1S/C20H26N2O2S/c1-20(18-11-5-2-6-12-18,22-15-9-4-10-16-22)17-21-25(23,24)19-13-7-3-8-14-19/h2-3,5-8,11-14,21H,4,9-10,15-17H2,1H3/t20-/m1/s1. The zero-order chi connectivity index (χ0) is 17.8. The maximum absolute atomic E-state index is 12.7. The van der Waals surface area contributed by atoms with Gasteiger partial charge >= 0.3 is 0 Å². The van der Waals surface area contributed by atoms with Crippen LogP contribution in [0.4, 0.5) is 0 Å². The lowest BCUT2D eigenvalue weighted by Gasteiger charge is -2.44. The van der Waals surface area contributed by atoms with Crippen LogP contribution in [0.15, 0.2) is 65.6 Å². The fraction of sp³-hybridized carbons (Fsp3) is 0.400. The van der Waals surface area contributed by atoms with E-state index in [0.29, 0.717) is 11.4 Å². The van der Waals surface area contributed by atoms with Crippen molar-refractivity contribution in [1.82, 2.24) is 9.62 Å². The average molecular weight is 359 g/mol. The minimum Gasteiger partial charge on any atom is -0.293 e. The summed E-state index contributed by atoms with van der Waals surface area (Å²) in [5.74, 6) is 0. The summed E-state index contributed by atoms with van der Waals surface area (Å²) >= 11 is 0. The molecule has 2 aromatic rings. The van der Waals surface area contributed by atoms with Crippen LogP contribution < -0.4 is 4.72 Å². The van der Waals surface area contributed by atoms with Crippen LogP contribution in [0, 0.1) is 0 Å². The molecule has 1 fully saturated rings. The number of piperidine rings is 1. The Balaban J connectivity index is 1.85. The topological polar surface area (TPSA) is 49.4 Å². The summed E-state index contributed by atoms with van der Waals surface area (Å²) in [6, 6.07) is 18.8. The van der Waals surface area contributed by atoms with Crippen molar-refractivity contribution in [2.45, 2.75) is 36.6 Å². The largest absolute Gasteiger partial charge is 0.293 e. The SMILES string of the molecule is C[C@@](CNS(=O)(=O)c1ccccc1)(c1ccccc1)N1CCCCC1. The van der Waals surface area contributed by atoms with Gasteiger partial charge in [-0.2, -0.15) is 0 Å². The quantitative estimate of drug-likeness (QED) is 0.861. The van der Waals surface area contributed by atoms with Crippen LogP contribution in [0.25, 0.3) is 0 Å². The van der Waals surface area contributed by atoms with Crippen LogP contribution in [0.5, 0.6) is 0 Å². The first-order chi connectivity index (χ1) is 12.0. The molecule has 1 saturated heterocycles. The molecule has 0 unspecified atom stereocenters. The van der Waals surface area contributed by atoms with Crippen LogP contribution in [-0.4, -0.2) is 33.0 Å². The van der Waals surface area contributed by atoms with Crippen molar-refractivity contribution >= 4 is 10.0 Å². The van der Waals surface area contributed by atoms with Crippen LogP contribution in [-0.2, 0) is 15.6 Å². The molecule has 5 heteroatoms. The maximum atomic E-state index is 12.7. The van der Waals surface area contributed by atoms with Crippen LogP contribution in [0.3, 0.4) is 0 Å². The third-order valence-corrected chi connectivity index (χ3v) is 6.53.